The number of alkyl halides is 3. The lowest BCUT2D eigenvalue weighted by Gasteiger charge is -2.49. The number of rotatable bonds is 5. The summed E-state index contributed by atoms with van der Waals surface area (Å²) in [6.45, 7) is 7.22. The average Bonchev–Trinajstić information content (AvgIpc) is 3.86. The monoisotopic (exact) mass is 876 g/mol. The zero-order valence-corrected chi connectivity index (χ0v) is 35.4. The van der Waals surface area contributed by atoms with E-state index in [-0.39, 0.29) is 29.4 Å². The fraction of sp³-hybridized carbons (Fsp3) is 0.349. The summed E-state index contributed by atoms with van der Waals surface area (Å²) in [6.07, 6.45) is -2.81. The number of thiophene rings is 1. The topological polar surface area (TPSA) is 129 Å². The average molecular weight is 878 g/mol. The zero-order valence-electron chi connectivity index (χ0n) is 33.1. The molecular formula is C43H37Cl2F3N6O5S. The van der Waals surface area contributed by atoms with Gasteiger partial charge in [-0.3, -0.25) is 28.9 Å². The second-order valence-corrected chi connectivity index (χ2v) is 18.3. The molecule has 0 spiro atoms. The molecule has 0 unspecified atom stereocenters. The fourth-order valence-electron chi connectivity index (χ4n) is 10.2. The number of imide groups is 2. The number of anilines is 2. The number of aromatic hydroxyl groups is 1. The summed E-state index contributed by atoms with van der Waals surface area (Å²) in [7, 11) is 2.92. The van der Waals surface area contributed by atoms with Crippen molar-refractivity contribution in [3.05, 3.63) is 98.2 Å². The lowest BCUT2D eigenvalue weighted by molar-refractivity contribution is -0.141. The number of hydrogen-bond donors (Lipinski definition) is 1. The van der Waals surface area contributed by atoms with Gasteiger partial charge in [0.2, 0.25) is 11.8 Å². The van der Waals surface area contributed by atoms with E-state index in [1.54, 1.807) is 46.0 Å². The van der Waals surface area contributed by atoms with Gasteiger partial charge in [0, 0.05) is 35.8 Å². The molecule has 2 saturated heterocycles. The van der Waals surface area contributed by atoms with Gasteiger partial charge in [-0.15, -0.1) is 11.3 Å². The van der Waals surface area contributed by atoms with Crippen molar-refractivity contribution in [3.8, 4) is 16.3 Å². The Morgan fingerprint density at radius 2 is 1.65 bits per heavy atom. The molecule has 0 bridgehead atoms. The van der Waals surface area contributed by atoms with Crippen LogP contribution in [0, 0.1) is 49.9 Å². The van der Waals surface area contributed by atoms with Gasteiger partial charge in [0.25, 0.3) is 11.8 Å². The van der Waals surface area contributed by atoms with Crippen LogP contribution in [0.2, 0.25) is 10.0 Å². The molecule has 17 heteroatoms. The van der Waals surface area contributed by atoms with Crippen LogP contribution in [0.1, 0.15) is 53.6 Å². The highest BCUT2D eigenvalue weighted by atomic mass is 35.5. The molecule has 4 amide bonds. The van der Waals surface area contributed by atoms with Crippen molar-refractivity contribution < 1.29 is 37.5 Å². The number of carbonyl (C=O) groups excluding carboxylic acids is 4. The number of hydrazine groups is 1. The molecule has 5 heterocycles. The lowest BCUT2D eigenvalue weighted by atomic mass is 9.51. The third-order valence-electron chi connectivity index (χ3n) is 13.0. The van der Waals surface area contributed by atoms with Crippen LogP contribution in [-0.4, -0.2) is 55.6 Å². The van der Waals surface area contributed by atoms with Crippen molar-refractivity contribution in [1.82, 2.24) is 19.8 Å². The number of nitrogens with zero attached hydrogens (tertiary/aromatic N) is 6. The molecule has 2 aliphatic heterocycles. The number of pyridine rings is 1. The van der Waals surface area contributed by atoms with E-state index in [1.165, 1.54) is 28.0 Å². The SMILES string of the molecule is Cc1cc([C@H]2C3=CC[C@@H]4C(=O)N(N(C)c5nc(C(F)(F)F)ccc5Cl)C(=O)[C@@H]4[C@@H]3C[C@H]3C(=O)N(c4cc(-c5sc6ccc(Cl)cc6c5C)nn4C)C(=O)[C@@]23C)cc(C)c1O. The molecule has 2 aliphatic carbocycles. The Labute approximate surface area is 355 Å². The predicted molar refractivity (Wildman–Crippen MR) is 220 cm³/mol. The smallest absolute Gasteiger partial charge is 0.433 e. The molecule has 310 valence electrons. The van der Waals surface area contributed by atoms with Crippen LogP contribution >= 0.6 is 34.5 Å². The summed E-state index contributed by atoms with van der Waals surface area (Å²) in [5.74, 6) is -6.71. The van der Waals surface area contributed by atoms with Crippen molar-refractivity contribution in [2.45, 2.75) is 52.6 Å². The highest BCUT2D eigenvalue weighted by Crippen LogP contribution is 2.64. The minimum absolute atomic E-state index is 0.0388. The Morgan fingerprint density at radius 1 is 0.950 bits per heavy atom. The number of halogens is 5. The van der Waals surface area contributed by atoms with Crippen LogP contribution in [0.3, 0.4) is 0 Å². The number of fused-ring (bicyclic) bond motifs is 5. The maximum atomic E-state index is 15.2. The summed E-state index contributed by atoms with van der Waals surface area (Å²) in [5.41, 5.74) is 1.35. The highest BCUT2D eigenvalue weighted by Gasteiger charge is 2.68. The number of carbonyl (C=O) groups is 4. The van der Waals surface area contributed by atoms with Crippen LogP contribution in [-0.2, 0) is 32.4 Å². The van der Waals surface area contributed by atoms with Gasteiger partial charge in [-0.25, -0.2) is 9.88 Å². The maximum absolute atomic E-state index is 15.2. The first-order valence-electron chi connectivity index (χ1n) is 19.2. The molecule has 11 nitrogen and oxygen atoms in total. The Balaban J connectivity index is 1.14. The number of phenols is 1. The number of benzene rings is 2. The molecule has 1 N–H and O–H groups in total. The normalized spacial score (nSPS) is 25.2. The number of amides is 4. The van der Waals surface area contributed by atoms with Gasteiger partial charge in [0.15, 0.2) is 5.82 Å². The van der Waals surface area contributed by atoms with Crippen LogP contribution in [0.15, 0.2) is 60.2 Å². The molecule has 3 aromatic heterocycles. The number of allylic oxidation sites excluding steroid dienone is 2. The Bertz CT molecular complexity index is 2760. The van der Waals surface area contributed by atoms with Gasteiger partial charge in [0.1, 0.15) is 23.0 Å². The van der Waals surface area contributed by atoms with E-state index in [0.717, 1.165) is 36.6 Å². The Hall–Kier alpha value is -5.25. The summed E-state index contributed by atoms with van der Waals surface area (Å²) >= 11 is 14.2. The number of phenolic OH excluding ortho intramolecular Hbond substituents is 1. The molecule has 3 fully saturated rings. The van der Waals surface area contributed by atoms with Gasteiger partial charge >= 0.3 is 6.18 Å². The summed E-state index contributed by atoms with van der Waals surface area (Å²) in [4.78, 5) is 64.7. The van der Waals surface area contributed by atoms with Gasteiger partial charge in [-0.05, 0) is 104 Å². The minimum atomic E-state index is -4.82. The molecule has 1 saturated carbocycles. The van der Waals surface area contributed by atoms with E-state index in [0.29, 0.717) is 39.0 Å². The minimum Gasteiger partial charge on any atom is -0.507 e. The number of aryl methyl sites for hydroxylation is 4. The molecule has 6 atom stereocenters. The lowest BCUT2D eigenvalue weighted by Crippen LogP contribution is -2.49. The first kappa shape index (κ1) is 40.2. The molecule has 0 radical (unpaired) electrons. The van der Waals surface area contributed by atoms with Crippen molar-refractivity contribution >= 4 is 79.9 Å². The van der Waals surface area contributed by atoms with Gasteiger partial charge in [-0.1, -0.05) is 47.0 Å². The van der Waals surface area contributed by atoms with Crippen molar-refractivity contribution in [1.29, 1.82) is 0 Å². The molecule has 2 aromatic carbocycles. The van der Waals surface area contributed by atoms with Crippen molar-refractivity contribution in [2.75, 3.05) is 17.0 Å². The van der Waals surface area contributed by atoms with Gasteiger partial charge in [-0.2, -0.15) is 23.3 Å². The molecule has 60 heavy (non-hydrogen) atoms. The van der Waals surface area contributed by atoms with Crippen molar-refractivity contribution in [3.63, 3.8) is 0 Å². The van der Waals surface area contributed by atoms with Gasteiger partial charge < -0.3 is 5.11 Å². The van der Waals surface area contributed by atoms with Crippen LogP contribution in [0.25, 0.3) is 20.7 Å². The van der Waals surface area contributed by atoms with Gasteiger partial charge in [0.05, 0.1) is 33.1 Å². The summed E-state index contributed by atoms with van der Waals surface area (Å²) < 4.78 is 43.7. The largest absolute Gasteiger partial charge is 0.507 e. The molecular weight excluding hydrogens is 840 g/mol. The second kappa shape index (κ2) is 13.6. The van der Waals surface area contributed by atoms with E-state index >= 15 is 4.79 Å². The van der Waals surface area contributed by atoms with Crippen molar-refractivity contribution in [2.24, 2.45) is 36.1 Å². The fourth-order valence-corrected chi connectivity index (χ4v) is 11.7. The third-order valence-corrected chi connectivity index (χ3v) is 14.9. The molecule has 4 aliphatic rings. The highest BCUT2D eigenvalue weighted by molar-refractivity contribution is 7.22. The summed E-state index contributed by atoms with van der Waals surface area (Å²) in [6, 6.07) is 12.7. The zero-order chi connectivity index (χ0) is 43.1. The van der Waals surface area contributed by atoms with E-state index in [2.05, 4.69) is 4.98 Å². The van der Waals surface area contributed by atoms with Crippen LogP contribution < -0.4 is 9.91 Å². The second-order valence-electron chi connectivity index (χ2n) is 16.4. The maximum Gasteiger partial charge on any atom is 0.433 e. The van der Waals surface area contributed by atoms with Crippen LogP contribution in [0.4, 0.5) is 24.8 Å². The first-order valence-corrected chi connectivity index (χ1v) is 20.8. The third kappa shape index (κ3) is 5.68. The number of hydrogen-bond acceptors (Lipinski definition) is 9. The van der Waals surface area contributed by atoms with Crippen LogP contribution in [0.5, 0.6) is 5.75 Å². The number of aromatic nitrogens is 3. The first-order chi connectivity index (χ1) is 28.2. The summed E-state index contributed by atoms with van der Waals surface area (Å²) in [5, 5.41) is 18.7. The predicted octanol–water partition coefficient (Wildman–Crippen LogP) is 8.94. The standard InChI is InChI=1S/C43H37Cl2F3N6O5S/c1-18-13-21(14-19(2)35(18)55)34-23-8-9-24-33(40(58)54(38(24)56)52(6)37-28(45)10-12-31(49-37)43(46,47)48)26(23)16-27-39(57)53(41(59)42(27,34)4)32-17-29(50-51(32)5)36-20(3)25-15-22(44)7-11-30(25)60-36/h7-8,10-15,17,24,26-27,33-34,55H,9,16H2,1-6H3/t24-,26+,27-,33-,34-,42+/m0/s1. The quantitative estimate of drug-likeness (QED) is 0.137. The Morgan fingerprint density at radius 3 is 2.33 bits per heavy atom. The molecule has 9 rings (SSSR count). The van der Waals surface area contributed by atoms with E-state index in [9.17, 15) is 32.7 Å². The van der Waals surface area contributed by atoms with E-state index < -0.39 is 76.3 Å². The van der Waals surface area contributed by atoms with E-state index in [1.807, 2.05) is 31.2 Å². The van der Waals surface area contributed by atoms with E-state index in [4.69, 9.17) is 28.3 Å². The Kier molecular flexibility index (Phi) is 9.13. The molecule has 5 aromatic rings.